The third-order valence-corrected chi connectivity index (χ3v) is 10.6. The average Bonchev–Trinajstić information content (AvgIpc) is 3.55. The normalized spacial score (nSPS) is 24.6. The van der Waals surface area contributed by atoms with Crippen LogP contribution >= 0.6 is 0 Å². The number of nitrogens with zero attached hydrogens (tertiary/aromatic N) is 2. The summed E-state index contributed by atoms with van der Waals surface area (Å²) < 4.78 is 17.4. The van der Waals surface area contributed by atoms with Gasteiger partial charge in [0.25, 0.3) is 0 Å². The summed E-state index contributed by atoms with van der Waals surface area (Å²) in [5.41, 5.74) is 5.17. The van der Waals surface area contributed by atoms with Crippen molar-refractivity contribution in [2.45, 2.75) is 76.5 Å². The maximum Gasteiger partial charge on any atom is 0.242 e. The summed E-state index contributed by atoms with van der Waals surface area (Å²) in [4.78, 5) is 30.3. The summed E-state index contributed by atoms with van der Waals surface area (Å²) in [7, 11) is 3.48. The van der Waals surface area contributed by atoms with Gasteiger partial charge in [-0.2, -0.15) is 0 Å². The number of aliphatic hydroxyl groups excluding tert-OH is 1. The highest BCUT2D eigenvalue weighted by Crippen LogP contribution is 2.57. The number of carbonyl (C=O) groups excluding carboxylic acids is 2. The van der Waals surface area contributed by atoms with E-state index in [-0.39, 0.29) is 49.2 Å². The van der Waals surface area contributed by atoms with Gasteiger partial charge in [-0.3, -0.25) is 19.4 Å². The van der Waals surface area contributed by atoms with Crippen molar-refractivity contribution in [3.05, 3.63) is 75.3 Å². The zero-order valence-electron chi connectivity index (χ0n) is 27.7. The number of nitrogens with one attached hydrogen (secondary N) is 2. The van der Waals surface area contributed by atoms with Gasteiger partial charge in [0, 0.05) is 34.8 Å². The van der Waals surface area contributed by atoms with E-state index in [4.69, 9.17) is 14.2 Å². The number of hydrogen-bond donors (Lipinski definition) is 5. The van der Waals surface area contributed by atoms with E-state index >= 15 is 0 Å². The first kappa shape index (κ1) is 32.0. The molecule has 12 nitrogen and oxygen atoms in total. The SMILES string of the molecule is COc1c(C)cc2c(c1O)[C@@H]1C3Cc4c(O)c(C)c5c(c4[C@H](CNC(=O)[C@H](C)NC(=O)Cc4ccccc4)N3[C@@H](O)[C@H](C2)N1C)OCO5. The fraction of sp³-hybridized carbons (Fsp3) is 0.444. The standard InChI is InChI=1S/C36H42N4O8/c1-17-11-21-13-24-36(45)40-23(29(39(24)4)27(21)31(43)32(17)46-5)14-22-28(34-33(47-16-48-34)18(2)30(22)42)25(40)15-37-35(44)19(3)38-26(41)12-20-9-7-6-8-10-20/h6-11,19,23-25,29,36,42-43,45H,12-16H2,1-5H3,(H,37,44)(H,38,41)/t19-,23?,24-,25-,29-,36-/m0/s1. The summed E-state index contributed by atoms with van der Waals surface area (Å²) in [6.07, 6.45) is 0.00227. The predicted octanol–water partition coefficient (Wildman–Crippen LogP) is 2.51. The number of phenolic OH excluding ortho intramolecular Hbond substituents is 2. The second-order valence-corrected chi connectivity index (χ2v) is 13.3. The van der Waals surface area contributed by atoms with Crippen LogP contribution in [0.25, 0.3) is 0 Å². The van der Waals surface area contributed by atoms with Gasteiger partial charge in [-0.15, -0.1) is 0 Å². The molecular formula is C36H42N4O8. The molecule has 1 fully saturated rings. The first-order chi connectivity index (χ1) is 23.0. The van der Waals surface area contributed by atoms with Gasteiger partial charge in [0.2, 0.25) is 18.6 Å². The van der Waals surface area contributed by atoms with E-state index in [1.165, 1.54) is 7.11 Å². The number of aliphatic hydroxyl groups is 1. The highest BCUT2D eigenvalue weighted by atomic mass is 16.7. The Hall–Kier alpha value is -4.52. The summed E-state index contributed by atoms with van der Waals surface area (Å²) in [6.45, 7) is 5.33. The van der Waals surface area contributed by atoms with Gasteiger partial charge in [0.05, 0.1) is 31.7 Å². The van der Waals surface area contributed by atoms with E-state index in [1.54, 1.807) is 13.8 Å². The molecule has 0 aromatic heterocycles. The number of piperazine rings is 1. The quantitative estimate of drug-likeness (QED) is 0.256. The number of likely N-dealkylation sites (N-methyl/N-ethyl adjacent to an activating group) is 1. The van der Waals surface area contributed by atoms with E-state index in [9.17, 15) is 24.9 Å². The minimum absolute atomic E-state index is 0.0179. The molecular weight excluding hydrogens is 616 g/mol. The van der Waals surface area contributed by atoms with Crippen LogP contribution in [0.15, 0.2) is 36.4 Å². The summed E-state index contributed by atoms with van der Waals surface area (Å²) in [6, 6.07) is 8.75. The molecule has 4 aliphatic heterocycles. The number of methoxy groups -OCH3 is 1. The minimum Gasteiger partial charge on any atom is -0.507 e. The predicted molar refractivity (Wildman–Crippen MR) is 175 cm³/mol. The molecule has 0 spiro atoms. The monoisotopic (exact) mass is 658 g/mol. The molecule has 0 aliphatic carbocycles. The zero-order valence-corrected chi connectivity index (χ0v) is 27.7. The third kappa shape index (κ3) is 5.01. The van der Waals surface area contributed by atoms with Crippen LogP contribution in [-0.4, -0.2) is 88.8 Å². The van der Waals surface area contributed by atoms with Crippen LogP contribution < -0.4 is 24.8 Å². The van der Waals surface area contributed by atoms with E-state index < -0.39 is 30.3 Å². The van der Waals surface area contributed by atoms with E-state index in [1.807, 2.05) is 55.3 Å². The van der Waals surface area contributed by atoms with Crippen LogP contribution in [0.5, 0.6) is 28.7 Å². The summed E-state index contributed by atoms with van der Waals surface area (Å²) >= 11 is 0. The number of fused-ring (bicyclic) bond motifs is 9. The van der Waals surface area contributed by atoms with Crippen LogP contribution in [0.3, 0.4) is 0 Å². The zero-order chi connectivity index (χ0) is 34.0. The highest BCUT2D eigenvalue weighted by molar-refractivity contribution is 5.88. The Labute approximate surface area is 279 Å². The number of ether oxygens (including phenoxy) is 3. The topological polar surface area (TPSA) is 153 Å². The Morgan fingerprint density at radius 1 is 1.04 bits per heavy atom. The third-order valence-electron chi connectivity index (χ3n) is 10.6. The molecule has 254 valence electrons. The molecule has 4 aliphatic rings. The molecule has 2 amide bonds. The average molecular weight is 659 g/mol. The molecule has 1 unspecified atom stereocenters. The van der Waals surface area contributed by atoms with Gasteiger partial charge in [-0.25, -0.2) is 0 Å². The van der Waals surface area contributed by atoms with E-state index in [0.29, 0.717) is 46.8 Å². The van der Waals surface area contributed by atoms with Crippen molar-refractivity contribution in [2.24, 2.45) is 0 Å². The Balaban J connectivity index is 1.25. The van der Waals surface area contributed by atoms with Crippen molar-refractivity contribution in [1.29, 1.82) is 0 Å². The van der Waals surface area contributed by atoms with Gasteiger partial charge < -0.3 is 40.2 Å². The lowest BCUT2D eigenvalue weighted by atomic mass is 9.73. The van der Waals surface area contributed by atoms with Crippen molar-refractivity contribution >= 4 is 11.8 Å². The number of carbonyl (C=O) groups is 2. The largest absolute Gasteiger partial charge is 0.507 e. The van der Waals surface area contributed by atoms with Crippen LogP contribution in [-0.2, 0) is 28.9 Å². The minimum atomic E-state index is -0.964. The summed E-state index contributed by atoms with van der Waals surface area (Å²) in [5, 5.41) is 41.1. The van der Waals surface area contributed by atoms with Crippen LogP contribution in [0, 0.1) is 13.8 Å². The van der Waals surface area contributed by atoms with Crippen molar-refractivity contribution in [3.8, 4) is 28.7 Å². The van der Waals surface area contributed by atoms with Gasteiger partial charge in [0.1, 0.15) is 18.0 Å². The van der Waals surface area contributed by atoms with Gasteiger partial charge in [-0.1, -0.05) is 36.4 Å². The van der Waals surface area contributed by atoms with E-state index in [0.717, 1.165) is 22.3 Å². The lowest BCUT2D eigenvalue weighted by Gasteiger charge is -2.60. The molecule has 5 N–H and O–H groups in total. The fourth-order valence-electron chi connectivity index (χ4n) is 8.34. The molecule has 4 heterocycles. The van der Waals surface area contributed by atoms with Gasteiger partial charge in [-0.05, 0) is 57.4 Å². The highest BCUT2D eigenvalue weighted by Gasteiger charge is 2.56. The van der Waals surface area contributed by atoms with Crippen molar-refractivity contribution in [2.75, 3.05) is 27.5 Å². The van der Waals surface area contributed by atoms with E-state index in [2.05, 4.69) is 15.5 Å². The molecule has 0 radical (unpaired) electrons. The molecule has 2 bridgehead atoms. The lowest BCUT2D eigenvalue weighted by Crippen LogP contribution is -2.69. The summed E-state index contributed by atoms with van der Waals surface area (Å²) in [5.74, 6) is 0.811. The second-order valence-electron chi connectivity index (χ2n) is 13.3. The number of rotatable bonds is 7. The maximum absolute atomic E-state index is 13.5. The fourth-order valence-corrected chi connectivity index (χ4v) is 8.34. The van der Waals surface area contributed by atoms with Crippen molar-refractivity contribution < 1.29 is 39.1 Å². The van der Waals surface area contributed by atoms with Gasteiger partial charge >= 0.3 is 0 Å². The van der Waals surface area contributed by atoms with Gasteiger partial charge in [0.15, 0.2) is 23.0 Å². The second kappa shape index (κ2) is 12.2. The number of hydrogen-bond acceptors (Lipinski definition) is 10. The molecule has 1 saturated heterocycles. The lowest BCUT2D eigenvalue weighted by molar-refractivity contribution is -0.172. The Bertz CT molecular complexity index is 1780. The number of aromatic hydroxyl groups is 2. The first-order valence-corrected chi connectivity index (χ1v) is 16.3. The molecule has 7 rings (SSSR count). The maximum atomic E-state index is 13.5. The van der Waals surface area contributed by atoms with Crippen molar-refractivity contribution in [1.82, 2.24) is 20.4 Å². The molecule has 12 heteroatoms. The Morgan fingerprint density at radius 2 is 1.77 bits per heavy atom. The number of benzene rings is 3. The molecule has 3 aromatic rings. The van der Waals surface area contributed by atoms with Crippen LogP contribution in [0.1, 0.15) is 58.0 Å². The molecule has 0 saturated carbocycles. The van der Waals surface area contributed by atoms with Crippen molar-refractivity contribution in [3.63, 3.8) is 0 Å². The Morgan fingerprint density at radius 3 is 2.50 bits per heavy atom. The molecule has 3 aromatic carbocycles. The first-order valence-electron chi connectivity index (χ1n) is 16.3. The number of phenols is 2. The molecule has 6 atom stereocenters. The number of aryl methyl sites for hydroxylation is 1. The molecule has 48 heavy (non-hydrogen) atoms. The van der Waals surface area contributed by atoms with Crippen LogP contribution in [0.4, 0.5) is 0 Å². The smallest absolute Gasteiger partial charge is 0.242 e. The van der Waals surface area contributed by atoms with Crippen LogP contribution in [0.2, 0.25) is 0 Å². The Kier molecular flexibility index (Phi) is 8.13. The number of amides is 2.